The van der Waals surface area contributed by atoms with Crippen LogP contribution in [0.5, 0.6) is 0 Å². The van der Waals surface area contributed by atoms with Crippen LogP contribution in [0.3, 0.4) is 0 Å². The van der Waals surface area contributed by atoms with Gasteiger partial charge in [-0.1, -0.05) is 18.2 Å². The SMILES string of the molecule is Cc1cc(C(=N)N)ccc1CN(C)Cc1ccccn1. The molecule has 0 aliphatic rings. The molecule has 4 nitrogen and oxygen atoms in total. The predicted molar refractivity (Wildman–Crippen MR) is 81.6 cm³/mol. The third-order valence-electron chi connectivity index (χ3n) is 3.25. The number of nitrogens with two attached hydrogens (primary N) is 1. The first-order valence-electron chi connectivity index (χ1n) is 6.58. The van der Waals surface area contributed by atoms with Crippen LogP contribution in [-0.2, 0) is 13.1 Å². The van der Waals surface area contributed by atoms with Crippen molar-refractivity contribution in [2.75, 3.05) is 7.05 Å². The second-order valence-electron chi connectivity index (χ2n) is 5.05. The van der Waals surface area contributed by atoms with E-state index in [-0.39, 0.29) is 5.84 Å². The molecular formula is C16H20N4. The number of nitrogen functional groups attached to an aromatic ring is 1. The summed E-state index contributed by atoms with van der Waals surface area (Å²) < 4.78 is 0. The Bertz CT molecular complexity index is 593. The second-order valence-corrected chi connectivity index (χ2v) is 5.05. The van der Waals surface area contributed by atoms with Crippen molar-refractivity contribution in [2.45, 2.75) is 20.0 Å². The fraction of sp³-hybridized carbons (Fsp3) is 0.250. The summed E-state index contributed by atoms with van der Waals surface area (Å²) >= 11 is 0. The lowest BCUT2D eigenvalue weighted by Gasteiger charge is -2.18. The summed E-state index contributed by atoms with van der Waals surface area (Å²) in [5, 5.41) is 7.45. The molecule has 4 heteroatoms. The number of benzene rings is 1. The third-order valence-corrected chi connectivity index (χ3v) is 3.25. The maximum Gasteiger partial charge on any atom is 0.122 e. The number of nitrogens with one attached hydrogen (secondary N) is 1. The number of nitrogens with zero attached hydrogens (tertiary/aromatic N) is 2. The zero-order chi connectivity index (χ0) is 14.5. The second kappa shape index (κ2) is 6.30. The van der Waals surface area contributed by atoms with Gasteiger partial charge in [-0.05, 0) is 43.3 Å². The number of pyridine rings is 1. The standard InChI is InChI=1S/C16H20N4/c1-12-9-13(16(17)18)6-7-14(12)10-20(2)11-15-5-3-4-8-19-15/h3-9H,10-11H2,1-2H3,(H3,17,18). The predicted octanol–water partition coefficient (Wildman–Crippen LogP) is 2.31. The van der Waals surface area contributed by atoms with Gasteiger partial charge in [0.25, 0.3) is 0 Å². The lowest BCUT2D eigenvalue weighted by Crippen LogP contribution is -2.19. The highest BCUT2D eigenvalue weighted by molar-refractivity contribution is 5.95. The average molecular weight is 268 g/mol. The molecule has 0 spiro atoms. The van der Waals surface area contributed by atoms with Gasteiger partial charge in [0.05, 0.1) is 5.69 Å². The molecular weight excluding hydrogens is 248 g/mol. The van der Waals surface area contributed by atoms with E-state index in [1.165, 1.54) is 5.56 Å². The molecule has 20 heavy (non-hydrogen) atoms. The molecule has 2 rings (SSSR count). The third kappa shape index (κ3) is 3.65. The topological polar surface area (TPSA) is 66.0 Å². The molecule has 2 aromatic rings. The Balaban J connectivity index is 2.04. The summed E-state index contributed by atoms with van der Waals surface area (Å²) in [5.41, 5.74) is 9.74. The minimum absolute atomic E-state index is 0.112. The molecule has 0 saturated carbocycles. The number of rotatable bonds is 5. The summed E-state index contributed by atoms with van der Waals surface area (Å²) in [6.45, 7) is 3.71. The fourth-order valence-electron chi connectivity index (χ4n) is 2.16. The van der Waals surface area contributed by atoms with Crippen LogP contribution in [0.4, 0.5) is 0 Å². The van der Waals surface area contributed by atoms with Crippen molar-refractivity contribution >= 4 is 5.84 Å². The molecule has 0 radical (unpaired) electrons. The maximum atomic E-state index is 7.45. The minimum Gasteiger partial charge on any atom is -0.384 e. The lowest BCUT2D eigenvalue weighted by atomic mass is 10.0. The van der Waals surface area contributed by atoms with Gasteiger partial charge in [-0.2, -0.15) is 0 Å². The molecule has 1 aromatic heterocycles. The van der Waals surface area contributed by atoms with E-state index >= 15 is 0 Å². The minimum atomic E-state index is 0.112. The van der Waals surface area contributed by atoms with Crippen LogP contribution in [0.25, 0.3) is 0 Å². The van der Waals surface area contributed by atoms with E-state index in [0.717, 1.165) is 29.9 Å². The van der Waals surface area contributed by atoms with E-state index in [4.69, 9.17) is 11.1 Å². The molecule has 104 valence electrons. The van der Waals surface area contributed by atoms with Crippen LogP contribution in [0.1, 0.15) is 22.4 Å². The number of amidine groups is 1. The van der Waals surface area contributed by atoms with Crippen molar-refractivity contribution in [2.24, 2.45) is 5.73 Å². The Kier molecular flexibility index (Phi) is 4.48. The molecule has 0 aliphatic carbocycles. The van der Waals surface area contributed by atoms with Gasteiger partial charge in [0.15, 0.2) is 0 Å². The van der Waals surface area contributed by atoms with Crippen LogP contribution in [0.2, 0.25) is 0 Å². The van der Waals surface area contributed by atoms with E-state index in [9.17, 15) is 0 Å². The van der Waals surface area contributed by atoms with Crippen LogP contribution in [0.15, 0.2) is 42.6 Å². The zero-order valence-electron chi connectivity index (χ0n) is 11.9. The summed E-state index contributed by atoms with van der Waals surface area (Å²) in [5.74, 6) is 0.112. The van der Waals surface area contributed by atoms with Crippen LogP contribution < -0.4 is 5.73 Å². The number of hydrogen-bond donors (Lipinski definition) is 2. The van der Waals surface area contributed by atoms with Gasteiger partial charge in [-0.3, -0.25) is 15.3 Å². The first-order chi connectivity index (χ1) is 9.56. The van der Waals surface area contributed by atoms with E-state index in [1.54, 1.807) is 0 Å². The van der Waals surface area contributed by atoms with Gasteiger partial charge in [-0.25, -0.2) is 0 Å². The summed E-state index contributed by atoms with van der Waals surface area (Å²) in [4.78, 5) is 6.55. The van der Waals surface area contributed by atoms with Crippen LogP contribution >= 0.6 is 0 Å². The van der Waals surface area contributed by atoms with Crippen molar-refractivity contribution in [3.63, 3.8) is 0 Å². The number of aryl methyl sites for hydroxylation is 1. The summed E-state index contributed by atoms with van der Waals surface area (Å²) in [7, 11) is 2.08. The van der Waals surface area contributed by atoms with Gasteiger partial charge in [0.1, 0.15) is 5.84 Å². The van der Waals surface area contributed by atoms with Gasteiger partial charge in [-0.15, -0.1) is 0 Å². The van der Waals surface area contributed by atoms with Gasteiger partial charge in [0.2, 0.25) is 0 Å². The zero-order valence-corrected chi connectivity index (χ0v) is 11.9. The monoisotopic (exact) mass is 268 g/mol. The first-order valence-corrected chi connectivity index (χ1v) is 6.58. The highest BCUT2D eigenvalue weighted by Gasteiger charge is 2.06. The Hall–Kier alpha value is -2.20. The highest BCUT2D eigenvalue weighted by Crippen LogP contribution is 2.14. The Morgan fingerprint density at radius 2 is 2.05 bits per heavy atom. The lowest BCUT2D eigenvalue weighted by molar-refractivity contribution is 0.314. The summed E-state index contributed by atoms with van der Waals surface area (Å²) in [6, 6.07) is 11.9. The van der Waals surface area contributed by atoms with E-state index in [2.05, 4.69) is 23.9 Å². The van der Waals surface area contributed by atoms with Crippen molar-refractivity contribution in [3.05, 3.63) is 65.0 Å². The quantitative estimate of drug-likeness (QED) is 0.646. The molecule has 0 unspecified atom stereocenters. The summed E-state index contributed by atoms with van der Waals surface area (Å²) in [6.07, 6.45) is 1.82. The molecule has 3 N–H and O–H groups in total. The van der Waals surface area contributed by atoms with Crippen molar-refractivity contribution in [1.82, 2.24) is 9.88 Å². The van der Waals surface area contributed by atoms with Crippen molar-refractivity contribution in [1.29, 1.82) is 5.41 Å². The molecule has 1 heterocycles. The molecule has 0 amide bonds. The van der Waals surface area contributed by atoms with Gasteiger partial charge in [0, 0.05) is 24.8 Å². The fourth-order valence-corrected chi connectivity index (χ4v) is 2.16. The van der Waals surface area contributed by atoms with Gasteiger partial charge < -0.3 is 5.73 Å². The molecule has 1 aromatic carbocycles. The smallest absolute Gasteiger partial charge is 0.122 e. The molecule has 0 saturated heterocycles. The molecule has 0 atom stereocenters. The Labute approximate surface area is 119 Å². The number of aromatic nitrogens is 1. The first kappa shape index (κ1) is 14.2. The van der Waals surface area contributed by atoms with Crippen molar-refractivity contribution < 1.29 is 0 Å². The van der Waals surface area contributed by atoms with E-state index < -0.39 is 0 Å². The van der Waals surface area contributed by atoms with E-state index in [1.807, 2.05) is 42.6 Å². The van der Waals surface area contributed by atoms with Gasteiger partial charge >= 0.3 is 0 Å². The van der Waals surface area contributed by atoms with Crippen LogP contribution in [0, 0.1) is 12.3 Å². The Morgan fingerprint density at radius 1 is 1.25 bits per heavy atom. The normalized spacial score (nSPS) is 10.8. The molecule has 0 fully saturated rings. The van der Waals surface area contributed by atoms with E-state index in [0.29, 0.717) is 0 Å². The average Bonchev–Trinajstić information content (AvgIpc) is 2.42. The van der Waals surface area contributed by atoms with Crippen molar-refractivity contribution in [3.8, 4) is 0 Å². The Morgan fingerprint density at radius 3 is 2.65 bits per heavy atom. The largest absolute Gasteiger partial charge is 0.384 e. The molecule has 0 bridgehead atoms. The highest BCUT2D eigenvalue weighted by atomic mass is 15.1. The maximum absolute atomic E-state index is 7.45. The van der Waals surface area contributed by atoms with Crippen LogP contribution in [-0.4, -0.2) is 22.8 Å². The number of hydrogen-bond acceptors (Lipinski definition) is 3. The molecule has 0 aliphatic heterocycles.